The van der Waals surface area contributed by atoms with E-state index >= 15 is 0 Å². The highest BCUT2D eigenvalue weighted by Crippen LogP contribution is 2.33. The quantitative estimate of drug-likeness (QED) is 0.722. The van der Waals surface area contributed by atoms with Crippen molar-refractivity contribution >= 4 is 46.5 Å². The fourth-order valence-electron chi connectivity index (χ4n) is 2.82. The van der Waals surface area contributed by atoms with Crippen LogP contribution < -0.4 is 15.5 Å². The van der Waals surface area contributed by atoms with Gasteiger partial charge in [-0.2, -0.15) is 13.2 Å². The normalized spacial score (nSPS) is 17.0. The number of carbonyl (C=O) groups is 2. The van der Waals surface area contributed by atoms with Crippen LogP contribution in [0.15, 0.2) is 42.5 Å². The molecule has 1 fully saturated rings. The molecule has 0 aromatic heterocycles. The van der Waals surface area contributed by atoms with Crippen molar-refractivity contribution in [2.75, 3.05) is 16.8 Å². The Hall–Kier alpha value is -2.45. The van der Waals surface area contributed by atoms with E-state index in [1.807, 2.05) is 0 Å². The predicted octanol–water partition coefficient (Wildman–Crippen LogP) is 4.94. The number of carbonyl (C=O) groups excluding carboxylic acids is 2. The molecule has 0 spiro atoms. The van der Waals surface area contributed by atoms with Crippen LogP contribution in [0.2, 0.25) is 10.0 Å². The lowest BCUT2D eigenvalue weighted by Gasteiger charge is -2.18. The van der Waals surface area contributed by atoms with Crippen molar-refractivity contribution in [1.82, 2.24) is 5.32 Å². The zero-order chi connectivity index (χ0) is 20.5. The van der Waals surface area contributed by atoms with Crippen molar-refractivity contribution in [2.24, 2.45) is 0 Å². The highest BCUT2D eigenvalue weighted by atomic mass is 35.5. The van der Waals surface area contributed by atoms with Crippen LogP contribution in [0, 0.1) is 0 Å². The molecule has 148 valence electrons. The number of rotatable bonds is 3. The summed E-state index contributed by atoms with van der Waals surface area (Å²) >= 11 is 11.7. The molecule has 1 heterocycles. The summed E-state index contributed by atoms with van der Waals surface area (Å²) < 4.78 is 38.4. The van der Waals surface area contributed by atoms with Gasteiger partial charge in [0.15, 0.2) is 0 Å². The minimum Gasteiger partial charge on any atom is -0.333 e. The molecule has 28 heavy (non-hydrogen) atoms. The third-order valence-electron chi connectivity index (χ3n) is 4.14. The van der Waals surface area contributed by atoms with E-state index in [1.165, 1.54) is 4.90 Å². The van der Waals surface area contributed by atoms with Gasteiger partial charge in [0.05, 0.1) is 22.3 Å². The minimum atomic E-state index is -4.56. The third-order valence-corrected chi connectivity index (χ3v) is 4.72. The Bertz CT molecular complexity index is 904. The van der Waals surface area contributed by atoms with E-state index in [2.05, 4.69) is 10.6 Å². The summed E-state index contributed by atoms with van der Waals surface area (Å²) in [6, 6.07) is 8.04. The third kappa shape index (κ3) is 4.69. The van der Waals surface area contributed by atoms with E-state index in [1.54, 1.807) is 24.3 Å². The van der Waals surface area contributed by atoms with Gasteiger partial charge in [0, 0.05) is 23.7 Å². The molecule has 3 amide bonds. The molecule has 5 nitrogen and oxygen atoms in total. The van der Waals surface area contributed by atoms with Crippen LogP contribution in [0.1, 0.15) is 12.0 Å². The first-order valence-corrected chi connectivity index (χ1v) is 8.89. The van der Waals surface area contributed by atoms with E-state index in [4.69, 9.17) is 23.2 Å². The van der Waals surface area contributed by atoms with Gasteiger partial charge in [0.2, 0.25) is 5.91 Å². The molecule has 1 saturated heterocycles. The number of benzene rings is 2. The van der Waals surface area contributed by atoms with Gasteiger partial charge in [-0.3, -0.25) is 4.79 Å². The summed E-state index contributed by atoms with van der Waals surface area (Å²) in [6.07, 6.45) is -4.50. The van der Waals surface area contributed by atoms with Crippen LogP contribution >= 0.6 is 23.2 Å². The van der Waals surface area contributed by atoms with Crippen molar-refractivity contribution in [3.63, 3.8) is 0 Å². The van der Waals surface area contributed by atoms with Crippen molar-refractivity contribution in [3.05, 3.63) is 58.1 Å². The van der Waals surface area contributed by atoms with Crippen LogP contribution in [-0.4, -0.2) is 24.5 Å². The molecule has 3 rings (SSSR count). The number of nitrogens with one attached hydrogen (secondary N) is 2. The summed E-state index contributed by atoms with van der Waals surface area (Å²) in [4.78, 5) is 25.9. The van der Waals surface area contributed by atoms with E-state index in [9.17, 15) is 22.8 Å². The molecule has 0 aliphatic carbocycles. The van der Waals surface area contributed by atoms with Crippen LogP contribution in [0.4, 0.5) is 29.3 Å². The van der Waals surface area contributed by atoms with Gasteiger partial charge >= 0.3 is 12.2 Å². The predicted molar refractivity (Wildman–Crippen MR) is 101 cm³/mol. The Morgan fingerprint density at radius 3 is 2.43 bits per heavy atom. The lowest BCUT2D eigenvalue weighted by atomic mass is 10.2. The minimum absolute atomic E-state index is 0.0339. The van der Waals surface area contributed by atoms with Crippen molar-refractivity contribution in [1.29, 1.82) is 0 Å². The molecule has 1 atom stereocenters. The lowest BCUT2D eigenvalue weighted by Crippen LogP contribution is -2.39. The lowest BCUT2D eigenvalue weighted by molar-refractivity contribution is -0.137. The van der Waals surface area contributed by atoms with Crippen molar-refractivity contribution in [2.45, 2.75) is 18.6 Å². The van der Waals surface area contributed by atoms with Gasteiger partial charge in [0.1, 0.15) is 0 Å². The van der Waals surface area contributed by atoms with Crippen molar-refractivity contribution < 1.29 is 22.8 Å². The van der Waals surface area contributed by atoms with Gasteiger partial charge in [-0.25, -0.2) is 4.79 Å². The number of halogens is 5. The Labute approximate surface area is 168 Å². The summed E-state index contributed by atoms with van der Waals surface area (Å²) in [5.74, 6) is -0.190. The van der Waals surface area contributed by atoms with Gasteiger partial charge in [-0.15, -0.1) is 0 Å². The molecule has 0 radical (unpaired) electrons. The zero-order valence-corrected chi connectivity index (χ0v) is 15.7. The molecule has 2 aromatic carbocycles. The SMILES string of the molecule is O=C(Nc1cc(C(F)(F)F)ccc1Cl)NC1CC(=O)N(c2ccc(Cl)cc2)C1. The summed E-state index contributed by atoms with van der Waals surface area (Å²) in [5, 5.41) is 5.37. The summed E-state index contributed by atoms with van der Waals surface area (Å²) in [6.45, 7) is 0.226. The molecular formula is C18H14Cl2F3N3O2. The van der Waals surface area contributed by atoms with Crippen molar-refractivity contribution in [3.8, 4) is 0 Å². The maximum Gasteiger partial charge on any atom is 0.416 e. The second-order valence-electron chi connectivity index (χ2n) is 6.17. The standard InChI is InChI=1S/C18H14Cl2F3N3O2/c19-11-2-4-13(5-3-11)26-9-12(8-16(26)27)24-17(28)25-15-7-10(18(21,22)23)1-6-14(15)20/h1-7,12H,8-9H2,(H2,24,25,28). The number of nitrogens with zero attached hydrogens (tertiary/aromatic N) is 1. The molecule has 1 aliphatic heterocycles. The summed E-state index contributed by atoms with van der Waals surface area (Å²) in [7, 11) is 0. The first kappa shape index (κ1) is 20.3. The maximum atomic E-state index is 12.8. The highest BCUT2D eigenvalue weighted by molar-refractivity contribution is 6.33. The Morgan fingerprint density at radius 2 is 1.79 bits per heavy atom. The average molecular weight is 432 g/mol. The van der Waals surface area contributed by atoms with Gasteiger partial charge in [-0.1, -0.05) is 23.2 Å². The van der Waals surface area contributed by atoms with Gasteiger partial charge in [-0.05, 0) is 42.5 Å². The second-order valence-corrected chi connectivity index (χ2v) is 7.02. The second kappa shape index (κ2) is 7.89. The van der Waals surface area contributed by atoms with Crippen LogP contribution in [0.5, 0.6) is 0 Å². The van der Waals surface area contributed by atoms with Gasteiger partial charge < -0.3 is 15.5 Å². The van der Waals surface area contributed by atoms with Gasteiger partial charge in [0.25, 0.3) is 0 Å². The fraction of sp³-hybridized carbons (Fsp3) is 0.222. The Morgan fingerprint density at radius 1 is 1.11 bits per heavy atom. The van der Waals surface area contributed by atoms with E-state index in [0.717, 1.165) is 18.2 Å². The molecule has 1 aliphatic rings. The van der Waals surface area contributed by atoms with Crippen LogP contribution in [0.3, 0.4) is 0 Å². The zero-order valence-electron chi connectivity index (χ0n) is 14.2. The fourth-order valence-corrected chi connectivity index (χ4v) is 3.11. The largest absolute Gasteiger partial charge is 0.416 e. The number of alkyl halides is 3. The molecule has 1 unspecified atom stereocenters. The first-order valence-electron chi connectivity index (χ1n) is 8.13. The maximum absolute atomic E-state index is 12.8. The Balaban J connectivity index is 1.64. The van der Waals surface area contributed by atoms with Crippen LogP contribution in [0.25, 0.3) is 0 Å². The van der Waals surface area contributed by atoms with Crippen LogP contribution in [-0.2, 0) is 11.0 Å². The average Bonchev–Trinajstić information content (AvgIpc) is 2.96. The number of urea groups is 1. The van der Waals surface area contributed by atoms with E-state index in [0.29, 0.717) is 10.7 Å². The monoisotopic (exact) mass is 431 g/mol. The molecule has 0 saturated carbocycles. The van der Waals surface area contributed by atoms with E-state index in [-0.39, 0.29) is 29.6 Å². The Kier molecular flexibility index (Phi) is 5.71. The molecule has 10 heteroatoms. The molecule has 2 N–H and O–H groups in total. The highest BCUT2D eigenvalue weighted by Gasteiger charge is 2.33. The molecule has 0 bridgehead atoms. The number of anilines is 2. The topological polar surface area (TPSA) is 61.4 Å². The number of amides is 3. The summed E-state index contributed by atoms with van der Waals surface area (Å²) in [5.41, 5.74) is -0.468. The molecular weight excluding hydrogens is 418 g/mol. The molecule has 2 aromatic rings. The number of hydrogen-bond acceptors (Lipinski definition) is 2. The van der Waals surface area contributed by atoms with E-state index < -0.39 is 23.8 Å². The number of hydrogen-bond donors (Lipinski definition) is 2. The first-order chi connectivity index (χ1) is 13.1. The smallest absolute Gasteiger partial charge is 0.333 e.